The van der Waals surface area contributed by atoms with Crippen LogP contribution in [0.1, 0.15) is 9.75 Å². The van der Waals surface area contributed by atoms with Gasteiger partial charge < -0.3 is 5.01 Å². The number of rotatable bonds is 5. The summed E-state index contributed by atoms with van der Waals surface area (Å²) in [7, 11) is 3.20. The molecule has 0 N–H and O–H groups in total. The summed E-state index contributed by atoms with van der Waals surface area (Å²) in [6.45, 7) is 0. The Labute approximate surface area is 153 Å². The molecular formula is C15H12BrF3N2OS2. The van der Waals surface area contributed by atoms with Crippen LogP contribution in [0.2, 0.25) is 0 Å². The molecule has 3 nitrogen and oxygen atoms in total. The topological polar surface area (TPSA) is 32.7 Å². The van der Waals surface area contributed by atoms with E-state index in [1.54, 1.807) is 31.6 Å². The quantitative estimate of drug-likeness (QED) is 0.373. The molecule has 2 heterocycles. The van der Waals surface area contributed by atoms with E-state index in [0.29, 0.717) is 15.4 Å². The summed E-state index contributed by atoms with van der Waals surface area (Å²) in [6, 6.07) is 4.87. The third-order valence-corrected chi connectivity index (χ3v) is 5.48. The molecule has 128 valence electrons. The van der Waals surface area contributed by atoms with Gasteiger partial charge >= 0.3 is 6.18 Å². The van der Waals surface area contributed by atoms with Gasteiger partial charge in [0.1, 0.15) is 5.71 Å². The Kier molecular flexibility index (Phi) is 6.00. The molecule has 0 radical (unpaired) electrons. The van der Waals surface area contributed by atoms with Crippen LogP contribution in [-0.4, -0.2) is 36.8 Å². The van der Waals surface area contributed by atoms with Gasteiger partial charge in [0.25, 0.3) is 0 Å². The fourth-order valence-electron chi connectivity index (χ4n) is 1.79. The number of carbonyl (C=O) groups excluding carboxylic acids is 1. The molecule has 0 spiro atoms. The highest BCUT2D eigenvalue weighted by Gasteiger charge is 2.37. The second-order valence-corrected chi connectivity index (χ2v) is 7.51. The zero-order chi connectivity index (χ0) is 17.9. The Morgan fingerprint density at radius 3 is 2.42 bits per heavy atom. The molecule has 2 rings (SSSR count). The van der Waals surface area contributed by atoms with Crippen molar-refractivity contribution in [1.29, 1.82) is 0 Å². The largest absolute Gasteiger partial charge is 0.417 e. The maximum absolute atomic E-state index is 13.4. The van der Waals surface area contributed by atoms with Gasteiger partial charge in [-0.1, -0.05) is 6.07 Å². The molecule has 9 heteroatoms. The lowest BCUT2D eigenvalue weighted by molar-refractivity contribution is -0.109. The lowest BCUT2D eigenvalue weighted by Gasteiger charge is -2.12. The van der Waals surface area contributed by atoms with E-state index in [0.717, 1.165) is 11.3 Å². The number of allylic oxidation sites excluding steroid dienone is 2. The fourth-order valence-corrected chi connectivity index (χ4v) is 4.13. The summed E-state index contributed by atoms with van der Waals surface area (Å²) >= 11 is 5.24. The lowest BCUT2D eigenvalue weighted by Crippen LogP contribution is -2.19. The Balaban J connectivity index is 2.51. The summed E-state index contributed by atoms with van der Waals surface area (Å²) in [5.74, 6) is -0.793. The summed E-state index contributed by atoms with van der Waals surface area (Å²) < 4.78 is 40.5. The van der Waals surface area contributed by atoms with Crippen LogP contribution in [0.3, 0.4) is 0 Å². The monoisotopic (exact) mass is 436 g/mol. The second-order valence-electron chi connectivity index (χ2n) is 4.79. The van der Waals surface area contributed by atoms with Gasteiger partial charge in [0, 0.05) is 24.6 Å². The van der Waals surface area contributed by atoms with E-state index in [-0.39, 0.29) is 10.6 Å². The van der Waals surface area contributed by atoms with Crippen LogP contribution in [0, 0.1) is 0 Å². The van der Waals surface area contributed by atoms with Crippen LogP contribution in [-0.2, 0) is 4.79 Å². The molecule has 0 aliphatic heterocycles. The van der Waals surface area contributed by atoms with Crippen molar-refractivity contribution in [2.24, 2.45) is 5.10 Å². The molecule has 2 aromatic rings. The third kappa shape index (κ3) is 4.55. The molecule has 2 aromatic heterocycles. The second kappa shape index (κ2) is 7.62. The van der Waals surface area contributed by atoms with Crippen molar-refractivity contribution >= 4 is 55.7 Å². The third-order valence-electron chi connectivity index (χ3n) is 2.73. The van der Waals surface area contributed by atoms with E-state index < -0.39 is 17.5 Å². The Morgan fingerprint density at radius 2 is 1.96 bits per heavy atom. The van der Waals surface area contributed by atoms with Crippen molar-refractivity contribution in [2.75, 3.05) is 14.1 Å². The summed E-state index contributed by atoms with van der Waals surface area (Å²) in [5, 5.41) is 8.69. The highest BCUT2D eigenvalue weighted by Crippen LogP contribution is 2.40. The van der Waals surface area contributed by atoms with Gasteiger partial charge in [0.2, 0.25) is 5.78 Å². The highest BCUT2D eigenvalue weighted by molar-refractivity contribution is 9.10. The van der Waals surface area contributed by atoms with Crippen molar-refractivity contribution in [3.8, 4) is 0 Å². The van der Waals surface area contributed by atoms with E-state index in [9.17, 15) is 18.0 Å². The number of halogens is 4. The number of hydrazone groups is 1. The molecule has 0 atom stereocenters. The molecule has 0 aromatic carbocycles. The van der Waals surface area contributed by atoms with E-state index in [4.69, 9.17) is 0 Å². The molecule has 0 amide bonds. The van der Waals surface area contributed by atoms with E-state index in [2.05, 4.69) is 21.0 Å². The average molecular weight is 437 g/mol. The number of nitrogens with zero attached hydrogens (tertiary/aromatic N) is 2. The zero-order valence-corrected chi connectivity index (χ0v) is 15.8. The van der Waals surface area contributed by atoms with Crippen LogP contribution in [0.5, 0.6) is 0 Å². The number of alkyl halides is 3. The smallest absolute Gasteiger partial charge is 0.302 e. The van der Waals surface area contributed by atoms with Gasteiger partial charge in [-0.2, -0.15) is 18.3 Å². The lowest BCUT2D eigenvalue weighted by atomic mass is 10.1. The minimum atomic E-state index is -4.65. The van der Waals surface area contributed by atoms with Gasteiger partial charge in [0.15, 0.2) is 0 Å². The molecular weight excluding hydrogens is 425 g/mol. The van der Waals surface area contributed by atoms with Gasteiger partial charge in [-0.25, -0.2) is 0 Å². The fraction of sp³-hybridized carbons (Fsp3) is 0.200. The molecule has 0 bridgehead atoms. The predicted molar refractivity (Wildman–Crippen MR) is 95.6 cm³/mol. The first-order chi connectivity index (χ1) is 11.2. The molecule has 0 saturated carbocycles. The van der Waals surface area contributed by atoms with Crippen molar-refractivity contribution in [2.45, 2.75) is 6.18 Å². The van der Waals surface area contributed by atoms with Gasteiger partial charge in [-0.15, -0.1) is 22.7 Å². The molecule has 0 saturated heterocycles. The first-order valence-corrected chi connectivity index (χ1v) is 9.11. The predicted octanol–water partition coefficient (Wildman–Crippen LogP) is 5.05. The Bertz CT molecular complexity index is 777. The first-order valence-electron chi connectivity index (χ1n) is 6.56. The minimum Gasteiger partial charge on any atom is -0.302 e. The van der Waals surface area contributed by atoms with Crippen LogP contribution >= 0.6 is 38.6 Å². The normalized spacial score (nSPS) is 13.2. The standard InChI is InChI=1S/C15H12BrF3N2OS2/c1-21(2)20-13(12-4-3-6-23-12)11(22)8-9(15(17,18)19)14-10(16)5-7-24-14/h3-8H,1-2H3/b9-8+,20-13-. The number of hydrogen-bond acceptors (Lipinski definition) is 5. The molecule has 0 fully saturated rings. The zero-order valence-electron chi connectivity index (χ0n) is 12.6. The van der Waals surface area contributed by atoms with Crippen molar-refractivity contribution in [1.82, 2.24) is 5.01 Å². The van der Waals surface area contributed by atoms with E-state index >= 15 is 0 Å². The highest BCUT2D eigenvalue weighted by atomic mass is 79.9. The molecule has 0 unspecified atom stereocenters. The summed E-state index contributed by atoms with van der Waals surface area (Å²) in [5.41, 5.74) is -1.01. The number of carbonyl (C=O) groups is 1. The SMILES string of the molecule is CN(C)/N=C(/C(=O)/C=C(\c1sccc1Br)C(F)(F)F)c1cccs1. The van der Waals surface area contributed by atoms with Crippen LogP contribution in [0.15, 0.2) is 44.6 Å². The minimum absolute atomic E-state index is 0.0237. The van der Waals surface area contributed by atoms with Crippen LogP contribution in [0.4, 0.5) is 13.2 Å². The number of thiophene rings is 2. The maximum atomic E-state index is 13.4. The van der Waals surface area contributed by atoms with Crippen molar-refractivity contribution < 1.29 is 18.0 Å². The Morgan fingerprint density at radius 1 is 1.25 bits per heavy atom. The van der Waals surface area contributed by atoms with Crippen LogP contribution in [0.25, 0.3) is 5.57 Å². The van der Waals surface area contributed by atoms with Crippen LogP contribution < -0.4 is 0 Å². The number of hydrogen-bond donors (Lipinski definition) is 0. The van der Waals surface area contributed by atoms with Crippen molar-refractivity contribution in [3.05, 3.63) is 49.3 Å². The molecule has 0 aliphatic rings. The maximum Gasteiger partial charge on any atom is 0.417 e. The van der Waals surface area contributed by atoms with Gasteiger partial charge in [0.05, 0.1) is 15.3 Å². The van der Waals surface area contributed by atoms with Gasteiger partial charge in [-0.05, 0) is 38.8 Å². The van der Waals surface area contributed by atoms with Gasteiger partial charge in [-0.3, -0.25) is 4.79 Å². The van der Waals surface area contributed by atoms with E-state index in [1.807, 2.05) is 0 Å². The molecule has 24 heavy (non-hydrogen) atoms. The average Bonchev–Trinajstić information content (AvgIpc) is 3.12. The number of ketones is 1. The first kappa shape index (κ1) is 18.9. The van der Waals surface area contributed by atoms with Crippen molar-refractivity contribution in [3.63, 3.8) is 0 Å². The Hall–Kier alpha value is -1.45. The summed E-state index contributed by atoms with van der Waals surface area (Å²) in [4.78, 5) is 13.0. The summed E-state index contributed by atoms with van der Waals surface area (Å²) in [6.07, 6.45) is -4.04. The van der Waals surface area contributed by atoms with E-state index in [1.165, 1.54) is 27.8 Å². The molecule has 0 aliphatic carbocycles.